The van der Waals surface area contributed by atoms with Crippen molar-refractivity contribution in [2.75, 3.05) is 0 Å². The zero-order valence-electron chi connectivity index (χ0n) is 12.4. The van der Waals surface area contributed by atoms with E-state index in [0.717, 1.165) is 28.3 Å². The van der Waals surface area contributed by atoms with Crippen molar-refractivity contribution in [1.29, 1.82) is 0 Å². The first-order valence-corrected chi connectivity index (χ1v) is 7.45. The standard InChI is InChI=1S/C20H14N2O/c23-14-16-13-22(17-9-2-1-3-10-17)21-20(16)19-12-6-8-15-7-4-5-11-18(15)19/h1-14H. The van der Waals surface area contributed by atoms with Crippen LogP contribution >= 0.6 is 0 Å². The molecule has 0 amide bonds. The lowest BCUT2D eigenvalue weighted by atomic mass is 10.0. The van der Waals surface area contributed by atoms with Crippen LogP contribution in [-0.2, 0) is 0 Å². The number of carbonyl (C=O) groups excluding carboxylic acids is 1. The van der Waals surface area contributed by atoms with Gasteiger partial charge in [0, 0.05) is 11.8 Å². The van der Waals surface area contributed by atoms with Gasteiger partial charge in [-0.15, -0.1) is 0 Å². The van der Waals surface area contributed by atoms with E-state index in [-0.39, 0.29) is 0 Å². The summed E-state index contributed by atoms with van der Waals surface area (Å²) in [6.07, 6.45) is 2.64. The summed E-state index contributed by atoms with van der Waals surface area (Å²) >= 11 is 0. The normalized spacial score (nSPS) is 10.8. The molecule has 1 heterocycles. The second-order valence-electron chi connectivity index (χ2n) is 5.36. The maximum atomic E-state index is 11.5. The minimum atomic E-state index is 0.588. The largest absolute Gasteiger partial charge is 0.298 e. The highest BCUT2D eigenvalue weighted by molar-refractivity contribution is 5.99. The first-order chi connectivity index (χ1) is 11.4. The highest BCUT2D eigenvalue weighted by Crippen LogP contribution is 2.29. The smallest absolute Gasteiger partial charge is 0.153 e. The molecule has 0 N–H and O–H groups in total. The Morgan fingerprint density at radius 3 is 2.39 bits per heavy atom. The van der Waals surface area contributed by atoms with Crippen LogP contribution in [0.4, 0.5) is 0 Å². The molecule has 4 aromatic rings. The van der Waals surface area contributed by atoms with Gasteiger partial charge in [0.15, 0.2) is 6.29 Å². The van der Waals surface area contributed by atoms with Gasteiger partial charge in [0.05, 0.1) is 11.3 Å². The van der Waals surface area contributed by atoms with Crippen LogP contribution in [-0.4, -0.2) is 16.1 Å². The Labute approximate surface area is 133 Å². The molecule has 3 aromatic carbocycles. The third-order valence-electron chi connectivity index (χ3n) is 3.94. The number of nitrogens with zero attached hydrogens (tertiary/aromatic N) is 2. The van der Waals surface area contributed by atoms with Gasteiger partial charge in [0.25, 0.3) is 0 Å². The molecular formula is C20H14N2O. The SMILES string of the molecule is O=Cc1cn(-c2ccccc2)nc1-c1cccc2ccccc12. The van der Waals surface area contributed by atoms with Gasteiger partial charge in [-0.25, -0.2) is 4.68 Å². The molecule has 0 bridgehead atoms. The van der Waals surface area contributed by atoms with Crippen LogP contribution < -0.4 is 0 Å². The number of carbonyl (C=O) groups is 1. The molecule has 23 heavy (non-hydrogen) atoms. The monoisotopic (exact) mass is 298 g/mol. The van der Waals surface area contributed by atoms with Crippen LogP contribution in [0.15, 0.2) is 79.0 Å². The Morgan fingerprint density at radius 1 is 0.826 bits per heavy atom. The molecule has 3 nitrogen and oxygen atoms in total. The van der Waals surface area contributed by atoms with Crippen LogP contribution in [0.5, 0.6) is 0 Å². The van der Waals surface area contributed by atoms with Gasteiger partial charge in [-0.1, -0.05) is 60.7 Å². The number of benzene rings is 3. The summed E-state index contributed by atoms with van der Waals surface area (Å²) < 4.78 is 1.75. The summed E-state index contributed by atoms with van der Waals surface area (Å²) in [4.78, 5) is 11.5. The Hall–Kier alpha value is -3.20. The van der Waals surface area contributed by atoms with Gasteiger partial charge in [0.1, 0.15) is 5.69 Å². The fraction of sp³-hybridized carbons (Fsp3) is 0. The predicted octanol–water partition coefficient (Wildman–Crippen LogP) is 4.51. The summed E-state index contributed by atoms with van der Waals surface area (Å²) in [5.74, 6) is 0. The maximum Gasteiger partial charge on any atom is 0.153 e. The van der Waals surface area contributed by atoms with E-state index in [1.807, 2.05) is 54.6 Å². The van der Waals surface area contributed by atoms with Crippen LogP contribution in [0.25, 0.3) is 27.7 Å². The Kier molecular flexibility index (Phi) is 3.24. The molecule has 0 aliphatic rings. The lowest BCUT2D eigenvalue weighted by Gasteiger charge is -2.05. The van der Waals surface area contributed by atoms with Crippen molar-refractivity contribution in [3.63, 3.8) is 0 Å². The quantitative estimate of drug-likeness (QED) is 0.522. The third kappa shape index (κ3) is 2.32. The molecule has 4 rings (SSSR count). The second kappa shape index (κ2) is 5.54. The molecule has 110 valence electrons. The van der Waals surface area contributed by atoms with Gasteiger partial charge in [-0.2, -0.15) is 5.10 Å². The predicted molar refractivity (Wildman–Crippen MR) is 91.9 cm³/mol. The van der Waals surface area contributed by atoms with Crippen molar-refractivity contribution in [1.82, 2.24) is 9.78 Å². The molecule has 1 aromatic heterocycles. The number of aromatic nitrogens is 2. The number of aldehydes is 1. The molecule has 0 atom stereocenters. The molecule has 0 fully saturated rings. The van der Waals surface area contributed by atoms with Crippen LogP contribution in [0.3, 0.4) is 0 Å². The number of fused-ring (bicyclic) bond motifs is 1. The molecule has 0 spiro atoms. The van der Waals surface area contributed by atoms with Gasteiger partial charge in [-0.05, 0) is 22.9 Å². The third-order valence-corrected chi connectivity index (χ3v) is 3.94. The van der Waals surface area contributed by atoms with E-state index in [2.05, 4.69) is 23.3 Å². The molecule has 0 saturated carbocycles. The lowest BCUT2D eigenvalue weighted by Crippen LogP contribution is -1.94. The topological polar surface area (TPSA) is 34.9 Å². The minimum Gasteiger partial charge on any atom is -0.298 e. The van der Waals surface area contributed by atoms with Gasteiger partial charge in [0.2, 0.25) is 0 Å². The average Bonchev–Trinajstić information content (AvgIpc) is 3.06. The highest BCUT2D eigenvalue weighted by atomic mass is 16.1. The fourth-order valence-corrected chi connectivity index (χ4v) is 2.83. The highest BCUT2D eigenvalue weighted by Gasteiger charge is 2.13. The first-order valence-electron chi connectivity index (χ1n) is 7.45. The molecule has 0 saturated heterocycles. The van der Waals surface area contributed by atoms with Crippen molar-refractivity contribution < 1.29 is 4.79 Å². The second-order valence-corrected chi connectivity index (χ2v) is 5.36. The van der Waals surface area contributed by atoms with E-state index in [4.69, 9.17) is 0 Å². The molecular weight excluding hydrogens is 284 g/mol. The van der Waals surface area contributed by atoms with E-state index in [9.17, 15) is 4.79 Å². The van der Waals surface area contributed by atoms with Gasteiger partial charge in [-0.3, -0.25) is 4.79 Å². The molecule has 0 aliphatic heterocycles. The minimum absolute atomic E-state index is 0.588. The van der Waals surface area contributed by atoms with E-state index in [1.165, 1.54) is 0 Å². The first kappa shape index (κ1) is 13.5. The average molecular weight is 298 g/mol. The molecule has 0 aliphatic carbocycles. The van der Waals surface area contributed by atoms with Crippen LogP contribution in [0, 0.1) is 0 Å². The zero-order chi connectivity index (χ0) is 15.6. The van der Waals surface area contributed by atoms with E-state index < -0.39 is 0 Å². The van der Waals surface area contributed by atoms with Gasteiger partial charge >= 0.3 is 0 Å². The number of rotatable bonds is 3. The Balaban J connectivity index is 1.95. The number of hydrogen-bond acceptors (Lipinski definition) is 2. The van der Waals surface area contributed by atoms with Crippen LogP contribution in [0.2, 0.25) is 0 Å². The van der Waals surface area contributed by atoms with Crippen molar-refractivity contribution in [2.45, 2.75) is 0 Å². The Morgan fingerprint density at radius 2 is 1.57 bits per heavy atom. The zero-order valence-corrected chi connectivity index (χ0v) is 12.4. The molecule has 0 radical (unpaired) electrons. The van der Waals surface area contributed by atoms with E-state index >= 15 is 0 Å². The van der Waals surface area contributed by atoms with Gasteiger partial charge < -0.3 is 0 Å². The van der Waals surface area contributed by atoms with Crippen molar-refractivity contribution in [3.05, 3.63) is 84.6 Å². The summed E-state index contributed by atoms with van der Waals surface area (Å²) in [6.45, 7) is 0. The van der Waals surface area contributed by atoms with Crippen LogP contribution in [0.1, 0.15) is 10.4 Å². The summed E-state index contributed by atoms with van der Waals surface area (Å²) in [5.41, 5.74) is 3.20. The van der Waals surface area contributed by atoms with E-state index in [1.54, 1.807) is 10.9 Å². The van der Waals surface area contributed by atoms with Crippen molar-refractivity contribution in [2.24, 2.45) is 0 Å². The lowest BCUT2D eigenvalue weighted by molar-refractivity contribution is 0.112. The molecule has 3 heteroatoms. The maximum absolute atomic E-state index is 11.5. The summed E-state index contributed by atoms with van der Waals surface area (Å²) in [5, 5.41) is 6.89. The van der Waals surface area contributed by atoms with Crippen molar-refractivity contribution >= 4 is 17.1 Å². The Bertz CT molecular complexity index is 982. The summed E-state index contributed by atoms with van der Waals surface area (Å²) in [6, 6.07) is 24.0. The summed E-state index contributed by atoms with van der Waals surface area (Å²) in [7, 11) is 0. The van der Waals surface area contributed by atoms with E-state index in [0.29, 0.717) is 11.3 Å². The molecule has 0 unspecified atom stereocenters. The van der Waals surface area contributed by atoms with Crippen molar-refractivity contribution in [3.8, 4) is 16.9 Å². The number of hydrogen-bond donors (Lipinski definition) is 0. The number of para-hydroxylation sites is 1. The fourth-order valence-electron chi connectivity index (χ4n) is 2.83.